The summed E-state index contributed by atoms with van der Waals surface area (Å²) in [5.41, 5.74) is 4.21. The average Bonchev–Trinajstić information content (AvgIpc) is 3.24. The molecule has 3 rings (SSSR count). The fourth-order valence-electron chi connectivity index (χ4n) is 3.32. The van der Waals surface area contributed by atoms with E-state index < -0.39 is 6.09 Å². The van der Waals surface area contributed by atoms with Crippen LogP contribution in [0.25, 0.3) is 0 Å². The number of amides is 1. The number of aromatic nitrogens is 1. The molecule has 1 amide bonds. The molecule has 2 aliphatic rings. The molecule has 1 aromatic heterocycles. The lowest BCUT2D eigenvalue weighted by Gasteiger charge is -2.19. The summed E-state index contributed by atoms with van der Waals surface area (Å²) in [6.45, 7) is 4.55. The highest BCUT2D eigenvalue weighted by molar-refractivity contribution is 5.66. The molecule has 1 unspecified atom stereocenters. The van der Waals surface area contributed by atoms with Gasteiger partial charge >= 0.3 is 6.09 Å². The van der Waals surface area contributed by atoms with Gasteiger partial charge in [-0.1, -0.05) is 0 Å². The Morgan fingerprint density at radius 3 is 2.65 bits per heavy atom. The van der Waals surface area contributed by atoms with Crippen LogP contribution in [0.4, 0.5) is 4.79 Å². The molecule has 0 spiro atoms. The van der Waals surface area contributed by atoms with Gasteiger partial charge in [-0.25, -0.2) is 9.78 Å². The molecule has 6 heteroatoms. The van der Waals surface area contributed by atoms with Crippen LogP contribution in [-0.2, 0) is 17.6 Å². The molecule has 0 radical (unpaired) electrons. The third-order valence-electron chi connectivity index (χ3n) is 4.77. The van der Waals surface area contributed by atoms with Crippen molar-refractivity contribution in [2.45, 2.75) is 45.6 Å². The van der Waals surface area contributed by atoms with E-state index in [1.54, 1.807) is 0 Å². The van der Waals surface area contributed by atoms with Crippen LogP contribution in [0.1, 0.15) is 35.2 Å². The maximum Gasteiger partial charge on any atom is 0.407 e. The second-order valence-corrected chi connectivity index (χ2v) is 6.44. The Hall–Kier alpha value is -2.11. The fourth-order valence-corrected chi connectivity index (χ4v) is 3.32. The summed E-state index contributed by atoms with van der Waals surface area (Å²) < 4.78 is 5.77. The van der Waals surface area contributed by atoms with Crippen LogP contribution in [-0.4, -0.2) is 46.6 Å². The fraction of sp³-hybridized carbons (Fsp3) is 0.588. The largest absolute Gasteiger partial charge is 0.476 e. The Morgan fingerprint density at radius 2 is 2.04 bits per heavy atom. The number of nitrogens with zero attached hydrogens (tertiary/aromatic N) is 2. The predicted molar refractivity (Wildman–Crippen MR) is 83.9 cm³/mol. The average molecular weight is 318 g/mol. The van der Waals surface area contributed by atoms with E-state index in [0.29, 0.717) is 19.0 Å². The summed E-state index contributed by atoms with van der Waals surface area (Å²) in [6, 6.07) is 0.153. The summed E-state index contributed by atoms with van der Waals surface area (Å²) in [7, 11) is 0. The minimum atomic E-state index is -0.889. The quantitative estimate of drug-likeness (QED) is 0.813. The van der Waals surface area contributed by atoms with Gasteiger partial charge < -0.3 is 19.5 Å². The van der Waals surface area contributed by atoms with Crippen LogP contribution in [0.5, 0.6) is 5.88 Å². The van der Waals surface area contributed by atoms with Gasteiger partial charge in [-0.3, -0.25) is 0 Å². The summed E-state index contributed by atoms with van der Waals surface area (Å²) in [5, 5.41) is 9.18. The van der Waals surface area contributed by atoms with E-state index in [1.165, 1.54) is 10.5 Å². The van der Waals surface area contributed by atoms with Crippen molar-refractivity contribution >= 4 is 12.4 Å². The zero-order chi connectivity index (χ0) is 16.6. The first-order chi connectivity index (χ1) is 11.0. The van der Waals surface area contributed by atoms with Crippen LogP contribution in [0, 0.1) is 19.8 Å². The molecular formula is C17H22N2O4. The topological polar surface area (TPSA) is 79.7 Å². The molecule has 0 aromatic carbocycles. The van der Waals surface area contributed by atoms with E-state index in [9.17, 15) is 14.7 Å². The number of carbonyl (C=O) groups is 2. The second-order valence-electron chi connectivity index (χ2n) is 6.44. The number of rotatable bonds is 6. The van der Waals surface area contributed by atoms with Crippen molar-refractivity contribution in [3.63, 3.8) is 0 Å². The van der Waals surface area contributed by atoms with E-state index in [0.717, 1.165) is 48.8 Å². The minimum absolute atomic E-state index is 0.0387. The van der Waals surface area contributed by atoms with E-state index >= 15 is 0 Å². The predicted octanol–water partition coefficient (Wildman–Crippen LogP) is 2.13. The maximum atomic E-state index is 11.2. The SMILES string of the molecule is Cc1nc(OCCN(C(=O)O)C2CC2)c(C)c2c1CC(C=O)C2. The number of hydrogen-bond donors (Lipinski definition) is 1. The number of pyridine rings is 1. The molecule has 1 N–H and O–H groups in total. The highest BCUT2D eigenvalue weighted by Gasteiger charge is 2.32. The number of carboxylic acid groups (broad SMARTS) is 1. The molecule has 1 saturated carbocycles. The number of fused-ring (bicyclic) bond motifs is 1. The van der Waals surface area contributed by atoms with Gasteiger partial charge in [0.2, 0.25) is 5.88 Å². The van der Waals surface area contributed by atoms with E-state index in [1.807, 2.05) is 13.8 Å². The van der Waals surface area contributed by atoms with Gasteiger partial charge in [0.05, 0.1) is 6.54 Å². The smallest absolute Gasteiger partial charge is 0.407 e. The lowest BCUT2D eigenvalue weighted by Crippen LogP contribution is -2.35. The van der Waals surface area contributed by atoms with Gasteiger partial charge in [0.1, 0.15) is 12.9 Å². The molecule has 6 nitrogen and oxygen atoms in total. The van der Waals surface area contributed by atoms with Crippen molar-refractivity contribution in [2.75, 3.05) is 13.2 Å². The molecule has 0 saturated heterocycles. The van der Waals surface area contributed by atoms with Crippen molar-refractivity contribution in [2.24, 2.45) is 5.92 Å². The van der Waals surface area contributed by atoms with Crippen LogP contribution in [0.2, 0.25) is 0 Å². The normalized spacial score (nSPS) is 19.3. The highest BCUT2D eigenvalue weighted by Crippen LogP contribution is 2.34. The van der Waals surface area contributed by atoms with Gasteiger partial charge in [0.25, 0.3) is 0 Å². The Balaban J connectivity index is 1.68. The summed E-state index contributed by atoms with van der Waals surface area (Å²) in [6.07, 6.45) is 3.50. The van der Waals surface area contributed by atoms with Gasteiger partial charge in [0, 0.05) is 23.2 Å². The Morgan fingerprint density at radius 1 is 1.35 bits per heavy atom. The summed E-state index contributed by atoms with van der Waals surface area (Å²) in [5.74, 6) is 0.603. The van der Waals surface area contributed by atoms with Crippen molar-refractivity contribution in [1.82, 2.24) is 9.88 Å². The molecule has 1 fully saturated rings. The Kier molecular flexibility index (Phi) is 4.24. The summed E-state index contributed by atoms with van der Waals surface area (Å²) in [4.78, 5) is 28.2. The molecule has 0 aliphatic heterocycles. The zero-order valence-electron chi connectivity index (χ0n) is 13.5. The van der Waals surface area contributed by atoms with Gasteiger partial charge in [0.15, 0.2) is 0 Å². The standard InChI is InChI=1S/C17H22N2O4/c1-10-14-7-12(9-20)8-15(14)11(2)18-16(10)23-6-5-19(17(21)22)13-3-4-13/h9,12-13H,3-8H2,1-2H3,(H,21,22). The lowest BCUT2D eigenvalue weighted by atomic mass is 10.0. The molecule has 1 atom stereocenters. The number of carbonyl (C=O) groups excluding carboxylic acids is 1. The minimum Gasteiger partial charge on any atom is -0.476 e. The molecular weight excluding hydrogens is 296 g/mol. The highest BCUT2D eigenvalue weighted by atomic mass is 16.5. The van der Waals surface area contributed by atoms with Gasteiger partial charge in [-0.2, -0.15) is 0 Å². The first kappa shape index (κ1) is 15.8. The molecule has 1 heterocycles. The summed E-state index contributed by atoms with van der Waals surface area (Å²) >= 11 is 0. The number of aldehydes is 1. The number of aryl methyl sites for hydroxylation is 1. The zero-order valence-corrected chi connectivity index (χ0v) is 13.5. The monoisotopic (exact) mass is 318 g/mol. The van der Waals surface area contributed by atoms with Crippen molar-refractivity contribution in [3.8, 4) is 5.88 Å². The third-order valence-corrected chi connectivity index (χ3v) is 4.77. The lowest BCUT2D eigenvalue weighted by molar-refractivity contribution is -0.110. The first-order valence-corrected chi connectivity index (χ1v) is 8.07. The van der Waals surface area contributed by atoms with E-state index in [-0.39, 0.29) is 12.0 Å². The first-order valence-electron chi connectivity index (χ1n) is 8.07. The van der Waals surface area contributed by atoms with Crippen LogP contribution >= 0.6 is 0 Å². The molecule has 124 valence electrons. The maximum absolute atomic E-state index is 11.2. The number of ether oxygens (including phenoxy) is 1. The van der Waals surface area contributed by atoms with Crippen molar-refractivity contribution in [1.29, 1.82) is 0 Å². The Bertz CT molecular complexity index is 640. The van der Waals surface area contributed by atoms with Crippen LogP contribution in [0.15, 0.2) is 0 Å². The number of hydrogen-bond acceptors (Lipinski definition) is 4. The molecule has 0 bridgehead atoms. The van der Waals surface area contributed by atoms with E-state index in [2.05, 4.69) is 4.98 Å². The second kappa shape index (κ2) is 6.18. The van der Waals surface area contributed by atoms with E-state index in [4.69, 9.17) is 4.74 Å². The van der Waals surface area contributed by atoms with Crippen molar-refractivity contribution < 1.29 is 19.4 Å². The van der Waals surface area contributed by atoms with Gasteiger partial charge in [-0.15, -0.1) is 0 Å². The van der Waals surface area contributed by atoms with Crippen LogP contribution < -0.4 is 4.74 Å². The molecule has 1 aromatic rings. The Labute approximate surface area is 135 Å². The molecule has 2 aliphatic carbocycles. The molecule has 23 heavy (non-hydrogen) atoms. The van der Waals surface area contributed by atoms with Gasteiger partial charge in [-0.05, 0) is 50.7 Å². The third kappa shape index (κ3) is 3.16. The van der Waals surface area contributed by atoms with Crippen LogP contribution in [0.3, 0.4) is 0 Å². The van der Waals surface area contributed by atoms with Crippen molar-refractivity contribution in [3.05, 3.63) is 22.4 Å².